The summed E-state index contributed by atoms with van der Waals surface area (Å²) in [5.74, 6) is -0.231. The van der Waals surface area contributed by atoms with E-state index in [0.29, 0.717) is 5.56 Å². The van der Waals surface area contributed by atoms with Gasteiger partial charge in [-0.15, -0.1) is 0 Å². The van der Waals surface area contributed by atoms with Crippen LogP contribution >= 0.6 is 0 Å². The third-order valence-electron chi connectivity index (χ3n) is 4.00. The van der Waals surface area contributed by atoms with Gasteiger partial charge < -0.3 is 5.32 Å². The van der Waals surface area contributed by atoms with Gasteiger partial charge in [-0.2, -0.15) is 0 Å². The number of anilines is 1. The molecule has 2 rings (SSSR count). The van der Waals surface area contributed by atoms with Crippen molar-refractivity contribution in [2.75, 3.05) is 5.32 Å². The summed E-state index contributed by atoms with van der Waals surface area (Å²) >= 11 is 0. The summed E-state index contributed by atoms with van der Waals surface area (Å²) in [5.41, 5.74) is 2.16. The Bertz CT molecular complexity index is 793. The molecule has 0 amide bonds. The van der Waals surface area contributed by atoms with Crippen molar-refractivity contribution in [1.82, 2.24) is 0 Å². The van der Waals surface area contributed by atoms with Gasteiger partial charge in [0, 0.05) is 11.3 Å². The van der Waals surface area contributed by atoms with E-state index in [4.69, 9.17) is 0 Å². The first kappa shape index (κ1) is 18.5. The molecule has 2 aromatic carbocycles. The third kappa shape index (κ3) is 4.35. The minimum absolute atomic E-state index is 0.0135. The molecule has 0 spiro atoms. The van der Waals surface area contributed by atoms with Gasteiger partial charge in [0.25, 0.3) is 0 Å². The molecular formula is C19H24FNO2S. The highest BCUT2D eigenvalue weighted by molar-refractivity contribution is 7.91. The zero-order valence-corrected chi connectivity index (χ0v) is 15.3. The average molecular weight is 349 g/mol. The molecule has 0 unspecified atom stereocenters. The molecule has 5 heteroatoms. The highest BCUT2D eigenvalue weighted by atomic mass is 32.2. The molecule has 0 aromatic heterocycles. The maximum absolute atomic E-state index is 13.8. The van der Waals surface area contributed by atoms with Crippen molar-refractivity contribution in [3.8, 4) is 0 Å². The summed E-state index contributed by atoms with van der Waals surface area (Å²) in [6.07, 6.45) is 0. The summed E-state index contributed by atoms with van der Waals surface area (Å²) in [6.45, 7) is 6.99. The third-order valence-corrected chi connectivity index (χ3v) is 6.58. The van der Waals surface area contributed by atoms with Gasteiger partial charge >= 0.3 is 0 Å². The van der Waals surface area contributed by atoms with Gasteiger partial charge in [-0.3, -0.25) is 0 Å². The van der Waals surface area contributed by atoms with E-state index in [1.807, 2.05) is 19.1 Å². The number of hydrogen-bond acceptors (Lipinski definition) is 3. The maximum atomic E-state index is 13.8. The zero-order chi connectivity index (χ0) is 18.0. The van der Waals surface area contributed by atoms with E-state index in [-0.39, 0.29) is 17.6 Å². The predicted octanol–water partition coefficient (Wildman–Crippen LogP) is 4.71. The van der Waals surface area contributed by atoms with Crippen molar-refractivity contribution < 1.29 is 12.8 Å². The zero-order valence-electron chi connectivity index (χ0n) is 14.5. The molecule has 1 atom stereocenters. The van der Waals surface area contributed by atoms with Crippen LogP contribution in [0.1, 0.15) is 44.9 Å². The molecule has 0 fully saturated rings. The van der Waals surface area contributed by atoms with E-state index in [0.717, 1.165) is 11.3 Å². The summed E-state index contributed by atoms with van der Waals surface area (Å²) in [6, 6.07) is 13.7. The van der Waals surface area contributed by atoms with Crippen molar-refractivity contribution in [2.45, 2.75) is 44.2 Å². The Morgan fingerprint density at radius 2 is 1.62 bits per heavy atom. The van der Waals surface area contributed by atoms with Crippen LogP contribution in [0.3, 0.4) is 0 Å². The van der Waals surface area contributed by atoms with E-state index in [1.54, 1.807) is 51.1 Å². The number of sulfone groups is 1. The lowest BCUT2D eigenvalue weighted by molar-refractivity contribution is 0.559. The van der Waals surface area contributed by atoms with Crippen LogP contribution in [-0.2, 0) is 15.6 Å². The fourth-order valence-corrected chi connectivity index (χ4v) is 3.35. The lowest BCUT2D eigenvalue weighted by Crippen LogP contribution is -2.29. The van der Waals surface area contributed by atoms with Crippen LogP contribution in [0.4, 0.5) is 10.1 Å². The molecule has 0 aliphatic carbocycles. The summed E-state index contributed by atoms with van der Waals surface area (Å²) in [5, 5.41) is 3.23. The molecule has 0 heterocycles. The number of halogens is 1. The number of nitrogens with one attached hydrogen (secondary N) is 1. The van der Waals surface area contributed by atoms with Gasteiger partial charge in [0.1, 0.15) is 5.82 Å². The second-order valence-electron chi connectivity index (χ2n) is 6.96. The number of rotatable bonds is 5. The van der Waals surface area contributed by atoms with E-state index in [2.05, 4.69) is 5.32 Å². The van der Waals surface area contributed by atoms with Crippen LogP contribution in [0, 0.1) is 5.82 Å². The molecule has 24 heavy (non-hydrogen) atoms. The fourth-order valence-electron chi connectivity index (χ4n) is 2.29. The van der Waals surface area contributed by atoms with E-state index in [9.17, 15) is 12.8 Å². The van der Waals surface area contributed by atoms with Crippen molar-refractivity contribution in [2.24, 2.45) is 0 Å². The monoisotopic (exact) mass is 349 g/mol. The minimum atomic E-state index is -3.21. The highest BCUT2D eigenvalue weighted by Gasteiger charge is 2.28. The van der Waals surface area contributed by atoms with Crippen LogP contribution in [-0.4, -0.2) is 13.2 Å². The van der Waals surface area contributed by atoms with E-state index in [1.165, 1.54) is 6.07 Å². The van der Waals surface area contributed by atoms with Crippen molar-refractivity contribution in [3.63, 3.8) is 0 Å². The van der Waals surface area contributed by atoms with Gasteiger partial charge in [-0.05, 0) is 51.5 Å². The molecular weight excluding hydrogens is 325 g/mol. The first-order valence-corrected chi connectivity index (χ1v) is 9.57. The molecule has 0 saturated heterocycles. The van der Waals surface area contributed by atoms with Crippen LogP contribution < -0.4 is 5.32 Å². The molecule has 0 aliphatic rings. The van der Waals surface area contributed by atoms with Crippen LogP contribution in [0.5, 0.6) is 0 Å². The smallest absolute Gasteiger partial charge is 0.159 e. The average Bonchev–Trinajstić information content (AvgIpc) is 2.48. The van der Waals surface area contributed by atoms with E-state index >= 15 is 0 Å². The standard InChI is InChI=1S/C19H24FNO2S/c1-14(17-7-5-6-8-18(17)20)21-16-11-9-15(10-12-16)13-24(22,23)19(2,3)4/h5-12,14,21H,13H2,1-4H3/t14-/m1/s1. The van der Waals surface area contributed by atoms with Gasteiger partial charge in [-0.1, -0.05) is 30.3 Å². The first-order chi connectivity index (χ1) is 11.1. The van der Waals surface area contributed by atoms with Gasteiger partial charge in [0.15, 0.2) is 9.84 Å². The van der Waals surface area contributed by atoms with Crippen molar-refractivity contribution >= 4 is 15.5 Å². The lowest BCUT2D eigenvalue weighted by Gasteiger charge is -2.20. The summed E-state index contributed by atoms with van der Waals surface area (Å²) in [7, 11) is -3.21. The normalized spacial score (nSPS) is 13.5. The largest absolute Gasteiger partial charge is 0.378 e. The van der Waals surface area contributed by atoms with Crippen LogP contribution in [0.15, 0.2) is 48.5 Å². The molecule has 0 bridgehead atoms. The Kier molecular flexibility index (Phi) is 5.33. The molecule has 1 N–H and O–H groups in total. The van der Waals surface area contributed by atoms with Crippen molar-refractivity contribution in [1.29, 1.82) is 0 Å². The Morgan fingerprint density at radius 3 is 2.17 bits per heavy atom. The van der Waals surface area contributed by atoms with Crippen molar-refractivity contribution in [3.05, 3.63) is 65.5 Å². The predicted molar refractivity (Wildman–Crippen MR) is 97.3 cm³/mol. The Morgan fingerprint density at radius 1 is 1.04 bits per heavy atom. The molecule has 3 nitrogen and oxygen atoms in total. The minimum Gasteiger partial charge on any atom is -0.378 e. The van der Waals surface area contributed by atoms with Gasteiger partial charge in [0.2, 0.25) is 0 Å². The van der Waals surface area contributed by atoms with Crippen LogP contribution in [0.2, 0.25) is 0 Å². The number of benzene rings is 2. The maximum Gasteiger partial charge on any atom is 0.159 e. The van der Waals surface area contributed by atoms with Crippen LogP contribution in [0.25, 0.3) is 0 Å². The quantitative estimate of drug-likeness (QED) is 0.850. The molecule has 0 saturated carbocycles. The highest BCUT2D eigenvalue weighted by Crippen LogP contribution is 2.24. The Labute approximate surface area is 143 Å². The Balaban J connectivity index is 2.09. The van der Waals surface area contributed by atoms with E-state index < -0.39 is 14.6 Å². The van der Waals surface area contributed by atoms with Gasteiger partial charge in [0.05, 0.1) is 16.5 Å². The Hall–Kier alpha value is -1.88. The second-order valence-corrected chi connectivity index (χ2v) is 9.70. The first-order valence-electron chi connectivity index (χ1n) is 7.92. The molecule has 2 aromatic rings. The SMILES string of the molecule is C[C@@H](Nc1ccc(CS(=O)(=O)C(C)(C)C)cc1)c1ccccc1F. The molecule has 0 radical (unpaired) electrons. The molecule has 0 aliphatic heterocycles. The lowest BCUT2D eigenvalue weighted by atomic mass is 10.1. The topological polar surface area (TPSA) is 46.2 Å². The van der Waals surface area contributed by atoms with Gasteiger partial charge in [-0.25, -0.2) is 12.8 Å². The fraction of sp³-hybridized carbons (Fsp3) is 0.368. The molecule has 130 valence electrons. The summed E-state index contributed by atoms with van der Waals surface area (Å²) < 4.78 is 37.5. The summed E-state index contributed by atoms with van der Waals surface area (Å²) in [4.78, 5) is 0. The second kappa shape index (κ2) is 6.93. The number of hydrogen-bond donors (Lipinski definition) is 1.